The second kappa shape index (κ2) is 4.70. The third kappa shape index (κ3) is 2.44. The van der Waals surface area contributed by atoms with Gasteiger partial charge >= 0.3 is 0 Å². The maximum Gasteiger partial charge on any atom is 0.141 e. The summed E-state index contributed by atoms with van der Waals surface area (Å²) in [5, 5.41) is 0. The second-order valence-corrected chi connectivity index (χ2v) is 4.86. The second-order valence-electron chi connectivity index (χ2n) is 3.84. The Morgan fingerprint density at radius 3 is 2.88 bits per heavy atom. The highest BCUT2D eigenvalue weighted by atomic mass is 32.2. The number of nitrogens with zero attached hydrogens (tertiary/aromatic N) is 3. The molecule has 1 aromatic carbocycles. The molecule has 1 aromatic rings. The van der Waals surface area contributed by atoms with Crippen LogP contribution in [0.15, 0.2) is 39.1 Å². The average molecular weight is 233 g/mol. The maximum absolute atomic E-state index is 4.55. The van der Waals surface area contributed by atoms with Gasteiger partial charge in [0.25, 0.3) is 0 Å². The van der Waals surface area contributed by atoms with E-state index in [1.165, 1.54) is 4.90 Å². The largest absolute Gasteiger partial charge is 0.366 e. The molecule has 3 nitrogen and oxygen atoms in total. The lowest BCUT2D eigenvalue weighted by Gasteiger charge is -2.15. The molecule has 0 bridgehead atoms. The molecule has 0 unspecified atom stereocenters. The molecule has 1 heterocycles. The third-order valence-electron chi connectivity index (χ3n) is 2.41. The van der Waals surface area contributed by atoms with E-state index in [0.717, 1.165) is 23.1 Å². The molecule has 0 atom stereocenters. The van der Waals surface area contributed by atoms with Crippen molar-refractivity contribution in [2.24, 2.45) is 9.98 Å². The first-order chi connectivity index (χ1) is 7.66. The van der Waals surface area contributed by atoms with Crippen molar-refractivity contribution in [1.29, 1.82) is 0 Å². The van der Waals surface area contributed by atoms with Gasteiger partial charge in [-0.25, -0.2) is 9.98 Å². The predicted molar refractivity (Wildman–Crippen MR) is 71.1 cm³/mol. The zero-order valence-corrected chi connectivity index (χ0v) is 10.6. The van der Waals surface area contributed by atoms with Gasteiger partial charge in [-0.05, 0) is 19.1 Å². The van der Waals surface area contributed by atoms with E-state index < -0.39 is 0 Å². The van der Waals surface area contributed by atoms with Crippen LogP contribution in [0.2, 0.25) is 0 Å². The SMILES string of the molecule is C/C(=N\C1=Nc2ccccc2SC1)N(C)C. The summed E-state index contributed by atoms with van der Waals surface area (Å²) in [6.07, 6.45) is 0. The predicted octanol–water partition coefficient (Wildman–Crippen LogP) is 2.80. The van der Waals surface area contributed by atoms with Crippen molar-refractivity contribution < 1.29 is 0 Å². The first-order valence-electron chi connectivity index (χ1n) is 5.19. The van der Waals surface area contributed by atoms with Crippen molar-refractivity contribution in [1.82, 2.24) is 4.90 Å². The lowest BCUT2D eigenvalue weighted by atomic mass is 10.3. The highest BCUT2D eigenvalue weighted by molar-refractivity contribution is 8.00. The van der Waals surface area contributed by atoms with Crippen LogP contribution in [0, 0.1) is 0 Å². The van der Waals surface area contributed by atoms with Gasteiger partial charge in [-0.3, -0.25) is 0 Å². The molecule has 1 aliphatic heterocycles. The van der Waals surface area contributed by atoms with E-state index in [-0.39, 0.29) is 0 Å². The molecular weight excluding hydrogens is 218 g/mol. The number of para-hydroxylation sites is 1. The summed E-state index contributed by atoms with van der Waals surface area (Å²) in [6, 6.07) is 8.18. The minimum atomic E-state index is 0.849. The number of benzene rings is 1. The Labute approximate surface area is 100 Å². The number of amidine groups is 2. The van der Waals surface area contributed by atoms with Gasteiger partial charge in [0.05, 0.1) is 11.4 Å². The van der Waals surface area contributed by atoms with Crippen molar-refractivity contribution in [3.05, 3.63) is 24.3 Å². The number of rotatable bonds is 0. The maximum atomic E-state index is 4.55. The molecule has 0 fully saturated rings. The summed E-state index contributed by atoms with van der Waals surface area (Å²) >= 11 is 1.79. The minimum Gasteiger partial charge on any atom is -0.366 e. The number of fused-ring (bicyclic) bond motifs is 1. The van der Waals surface area contributed by atoms with E-state index in [0.29, 0.717) is 0 Å². The third-order valence-corrected chi connectivity index (χ3v) is 3.47. The Morgan fingerprint density at radius 2 is 2.12 bits per heavy atom. The van der Waals surface area contributed by atoms with Crippen molar-refractivity contribution in [2.75, 3.05) is 19.8 Å². The van der Waals surface area contributed by atoms with Gasteiger partial charge in [-0.1, -0.05) is 12.1 Å². The van der Waals surface area contributed by atoms with E-state index in [1.54, 1.807) is 11.8 Å². The minimum absolute atomic E-state index is 0.849. The molecule has 0 saturated heterocycles. The van der Waals surface area contributed by atoms with Gasteiger partial charge in [-0.15, -0.1) is 11.8 Å². The molecule has 4 heteroatoms. The normalized spacial score (nSPS) is 15.4. The molecule has 0 radical (unpaired) electrons. The molecular formula is C12H15N3S. The first kappa shape index (κ1) is 11.2. The smallest absolute Gasteiger partial charge is 0.141 e. The van der Waals surface area contributed by atoms with Crippen LogP contribution in [-0.2, 0) is 0 Å². The summed E-state index contributed by atoms with van der Waals surface area (Å²) in [5.41, 5.74) is 1.03. The molecule has 0 aliphatic carbocycles. The Hall–Kier alpha value is -1.29. The van der Waals surface area contributed by atoms with Gasteiger partial charge in [0.2, 0.25) is 0 Å². The summed E-state index contributed by atoms with van der Waals surface area (Å²) in [5.74, 6) is 2.73. The summed E-state index contributed by atoms with van der Waals surface area (Å²) < 4.78 is 0. The monoisotopic (exact) mass is 233 g/mol. The average Bonchev–Trinajstić information content (AvgIpc) is 2.28. The van der Waals surface area contributed by atoms with Gasteiger partial charge in [0, 0.05) is 19.0 Å². The van der Waals surface area contributed by atoms with Crippen LogP contribution in [0.3, 0.4) is 0 Å². The summed E-state index contributed by atoms with van der Waals surface area (Å²) in [7, 11) is 3.98. The fourth-order valence-corrected chi connectivity index (χ4v) is 2.18. The molecule has 0 saturated carbocycles. The van der Waals surface area contributed by atoms with Gasteiger partial charge in [0.15, 0.2) is 0 Å². The Kier molecular flexibility index (Phi) is 3.29. The molecule has 0 N–H and O–H groups in total. The quantitative estimate of drug-likeness (QED) is 0.509. The van der Waals surface area contributed by atoms with Gasteiger partial charge < -0.3 is 4.90 Å². The van der Waals surface area contributed by atoms with Crippen LogP contribution >= 0.6 is 11.8 Å². The highest BCUT2D eigenvalue weighted by Crippen LogP contribution is 2.33. The standard InChI is InChI=1S/C12H15N3S/c1-9(15(2)3)13-12-8-16-11-7-5-4-6-10(11)14-12/h4-7H,8H2,1-3H3/b13-9+. The lowest BCUT2D eigenvalue weighted by Crippen LogP contribution is -2.20. The van der Waals surface area contributed by atoms with Crippen LogP contribution in [0.1, 0.15) is 6.92 Å². The topological polar surface area (TPSA) is 28.0 Å². The van der Waals surface area contributed by atoms with Crippen LogP contribution in [0.4, 0.5) is 5.69 Å². The van der Waals surface area contributed by atoms with E-state index in [1.807, 2.05) is 44.1 Å². The van der Waals surface area contributed by atoms with Gasteiger partial charge in [-0.2, -0.15) is 0 Å². The van der Waals surface area contributed by atoms with Crippen molar-refractivity contribution in [2.45, 2.75) is 11.8 Å². The molecule has 2 rings (SSSR count). The van der Waals surface area contributed by atoms with Crippen molar-refractivity contribution in [3.63, 3.8) is 0 Å². The number of aliphatic imine (C=N–C) groups is 2. The zero-order chi connectivity index (χ0) is 11.5. The molecule has 0 aromatic heterocycles. The Balaban J connectivity index is 2.28. The lowest BCUT2D eigenvalue weighted by molar-refractivity contribution is 0.619. The van der Waals surface area contributed by atoms with E-state index >= 15 is 0 Å². The van der Waals surface area contributed by atoms with E-state index in [9.17, 15) is 0 Å². The van der Waals surface area contributed by atoms with Crippen LogP contribution in [-0.4, -0.2) is 36.4 Å². The van der Waals surface area contributed by atoms with E-state index in [4.69, 9.17) is 0 Å². The van der Waals surface area contributed by atoms with Crippen molar-refractivity contribution >= 4 is 29.1 Å². The number of hydrogen-bond acceptors (Lipinski definition) is 3. The Bertz CT molecular complexity index is 449. The molecule has 16 heavy (non-hydrogen) atoms. The first-order valence-corrected chi connectivity index (χ1v) is 6.17. The van der Waals surface area contributed by atoms with E-state index in [2.05, 4.69) is 16.1 Å². The van der Waals surface area contributed by atoms with Gasteiger partial charge in [0.1, 0.15) is 11.7 Å². The number of hydrogen-bond donors (Lipinski definition) is 0. The fraction of sp³-hybridized carbons (Fsp3) is 0.333. The summed E-state index contributed by atoms with van der Waals surface area (Å²) in [4.78, 5) is 12.3. The fourth-order valence-electron chi connectivity index (χ4n) is 1.33. The summed E-state index contributed by atoms with van der Waals surface area (Å²) in [6.45, 7) is 1.99. The molecule has 1 aliphatic rings. The zero-order valence-electron chi connectivity index (χ0n) is 9.77. The van der Waals surface area contributed by atoms with Crippen LogP contribution < -0.4 is 0 Å². The van der Waals surface area contributed by atoms with Crippen molar-refractivity contribution in [3.8, 4) is 0 Å². The number of thioether (sulfide) groups is 1. The molecule has 0 spiro atoms. The molecule has 84 valence electrons. The Morgan fingerprint density at radius 1 is 1.38 bits per heavy atom. The molecule has 0 amide bonds. The highest BCUT2D eigenvalue weighted by Gasteiger charge is 2.11. The van der Waals surface area contributed by atoms with Crippen LogP contribution in [0.25, 0.3) is 0 Å². The van der Waals surface area contributed by atoms with Crippen LogP contribution in [0.5, 0.6) is 0 Å².